The second-order valence-electron chi connectivity index (χ2n) is 4.47. The zero-order valence-corrected chi connectivity index (χ0v) is 15.0. The second kappa shape index (κ2) is 17.9. The summed E-state index contributed by atoms with van der Waals surface area (Å²) < 4.78 is 18.5. The minimum absolute atomic E-state index is 0.147. The highest BCUT2D eigenvalue weighted by Crippen LogP contribution is 2.08. The molecule has 1 aliphatic rings. The van der Waals surface area contributed by atoms with Crippen LogP contribution in [-0.4, -0.2) is 50.4 Å². The molecule has 1 unspecified atom stereocenters. The number of carbonyl (C=O) groups excluding carboxylic acids is 3. The summed E-state index contributed by atoms with van der Waals surface area (Å²) in [5.74, 6) is -1.07. The molecule has 0 aromatic carbocycles. The highest BCUT2D eigenvalue weighted by atomic mass is 16.6. The van der Waals surface area contributed by atoms with E-state index in [0.717, 1.165) is 25.0 Å². The van der Waals surface area contributed by atoms with Crippen LogP contribution in [0.3, 0.4) is 0 Å². The van der Waals surface area contributed by atoms with Crippen LogP contribution < -0.4 is 0 Å². The van der Waals surface area contributed by atoms with Crippen LogP contribution in [0.15, 0.2) is 38.0 Å². The van der Waals surface area contributed by atoms with Crippen molar-refractivity contribution >= 4 is 17.9 Å². The number of hydrogen-bond acceptors (Lipinski definition) is 7. The van der Waals surface area contributed by atoms with Gasteiger partial charge in [-0.1, -0.05) is 33.1 Å². The van der Waals surface area contributed by atoms with Crippen molar-refractivity contribution in [1.82, 2.24) is 0 Å². The molecule has 7 nitrogen and oxygen atoms in total. The van der Waals surface area contributed by atoms with Crippen molar-refractivity contribution in [2.45, 2.75) is 32.8 Å². The monoisotopic (exact) mass is 356 g/mol. The van der Waals surface area contributed by atoms with Gasteiger partial charge in [-0.25, -0.2) is 14.4 Å². The average molecular weight is 356 g/mol. The Morgan fingerprint density at radius 1 is 0.960 bits per heavy atom. The summed E-state index contributed by atoms with van der Waals surface area (Å²) >= 11 is 0. The van der Waals surface area contributed by atoms with Gasteiger partial charge in [0.05, 0.1) is 19.8 Å². The predicted octanol–water partition coefficient (Wildman–Crippen LogP) is 2.37. The first-order valence-electron chi connectivity index (χ1n) is 7.94. The zero-order chi connectivity index (χ0) is 19.5. The van der Waals surface area contributed by atoms with Gasteiger partial charge in [-0.15, -0.1) is 0 Å². The molecule has 25 heavy (non-hydrogen) atoms. The van der Waals surface area contributed by atoms with Gasteiger partial charge in [0.25, 0.3) is 0 Å². The van der Waals surface area contributed by atoms with Crippen LogP contribution in [0.5, 0.6) is 0 Å². The first-order chi connectivity index (χ1) is 11.9. The van der Waals surface area contributed by atoms with Gasteiger partial charge < -0.3 is 18.9 Å². The fourth-order valence-corrected chi connectivity index (χ4v) is 0.975. The van der Waals surface area contributed by atoms with Gasteiger partial charge in [0.2, 0.25) is 0 Å². The van der Waals surface area contributed by atoms with Gasteiger partial charge in [-0.3, -0.25) is 0 Å². The third-order valence-corrected chi connectivity index (χ3v) is 2.34. The lowest BCUT2D eigenvalue weighted by atomic mass is 10.4. The predicted molar refractivity (Wildman–Crippen MR) is 93.8 cm³/mol. The summed E-state index contributed by atoms with van der Waals surface area (Å²) in [5.41, 5.74) is 0. The van der Waals surface area contributed by atoms with E-state index in [1.165, 1.54) is 6.08 Å². The van der Waals surface area contributed by atoms with E-state index in [2.05, 4.69) is 33.9 Å². The summed E-state index contributed by atoms with van der Waals surface area (Å²) in [4.78, 5) is 30.8. The number of epoxide rings is 1. The maximum Gasteiger partial charge on any atom is 0.330 e. The Bertz CT molecular complexity index is 425. The Hall–Kier alpha value is -2.41. The normalized spacial score (nSPS) is 13.4. The Kier molecular flexibility index (Phi) is 17.8. The average Bonchev–Trinajstić information content (AvgIpc) is 3.45. The molecule has 1 fully saturated rings. The van der Waals surface area contributed by atoms with Crippen molar-refractivity contribution in [2.75, 3.05) is 26.4 Å². The fourth-order valence-electron chi connectivity index (χ4n) is 0.975. The molecule has 1 saturated heterocycles. The molecule has 0 aliphatic carbocycles. The van der Waals surface area contributed by atoms with Gasteiger partial charge in [0, 0.05) is 18.2 Å². The van der Waals surface area contributed by atoms with E-state index in [1.807, 2.05) is 6.92 Å². The summed E-state index contributed by atoms with van der Waals surface area (Å²) in [7, 11) is 0. The smallest absolute Gasteiger partial charge is 0.330 e. The Morgan fingerprint density at radius 2 is 1.44 bits per heavy atom. The van der Waals surface area contributed by atoms with Gasteiger partial charge >= 0.3 is 17.9 Å². The topological polar surface area (TPSA) is 91.4 Å². The molecule has 1 heterocycles. The molecule has 0 bridgehead atoms. The van der Waals surface area contributed by atoms with Crippen molar-refractivity contribution in [3.8, 4) is 0 Å². The van der Waals surface area contributed by atoms with Crippen LogP contribution in [0.4, 0.5) is 0 Å². The van der Waals surface area contributed by atoms with E-state index in [0.29, 0.717) is 26.4 Å². The van der Waals surface area contributed by atoms with Gasteiger partial charge in [-0.2, -0.15) is 0 Å². The van der Waals surface area contributed by atoms with Crippen LogP contribution in [0.2, 0.25) is 0 Å². The van der Waals surface area contributed by atoms with Gasteiger partial charge in [0.15, 0.2) is 0 Å². The molecule has 1 rings (SSSR count). The number of carbonyl (C=O) groups is 3. The maximum atomic E-state index is 10.3. The molecule has 0 saturated carbocycles. The van der Waals surface area contributed by atoms with Crippen LogP contribution >= 0.6 is 0 Å². The fraction of sp³-hybridized carbons (Fsp3) is 0.500. The molecule has 0 radical (unpaired) electrons. The van der Waals surface area contributed by atoms with Crippen LogP contribution in [0, 0.1) is 0 Å². The minimum Gasteiger partial charge on any atom is -0.463 e. The van der Waals surface area contributed by atoms with E-state index in [4.69, 9.17) is 4.74 Å². The van der Waals surface area contributed by atoms with Crippen molar-refractivity contribution in [1.29, 1.82) is 0 Å². The maximum absolute atomic E-state index is 10.3. The third-order valence-electron chi connectivity index (χ3n) is 2.34. The zero-order valence-electron chi connectivity index (χ0n) is 15.0. The Balaban J connectivity index is 0. The molecule has 142 valence electrons. The summed E-state index contributed by atoms with van der Waals surface area (Å²) in [6.07, 6.45) is 5.58. The number of hydrogen-bond donors (Lipinski definition) is 0. The van der Waals surface area contributed by atoms with E-state index in [1.54, 1.807) is 6.92 Å². The van der Waals surface area contributed by atoms with Crippen molar-refractivity contribution in [3.05, 3.63) is 38.0 Å². The van der Waals surface area contributed by atoms with Crippen molar-refractivity contribution in [2.24, 2.45) is 0 Å². The molecule has 0 spiro atoms. The van der Waals surface area contributed by atoms with Gasteiger partial charge in [0.1, 0.15) is 12.7 Å². The van der Waals surface area contributed by atoms with Crippen LogP contribution in [-0.2, 0) is 33.3 Å². The molecule has 0 aromatic rings. The van der Waals surface area contributed by atoms with Gasteiger partial charge in [-0.05, 0) is 13.3 Å². The Morgan fingerprint density at radius 3 is 1.80 bits per heavy atom. The quantitative estimate of drug-likeness (QED) is 0.206. The first-order valence-corrected chi connectivity index (χ1v) is 7.94. The molecular weight excluding hydrogens is 328 g/mol. The minimum atomic E-state index is -0.384. The highest BCUT2D eigenvalue weighted by Gasteiger charge is 2.23. The third kappa shape index (κ3) is 21.6. The van der Waals surface area contributed by atoms with E-state index in [-0.39, 0.29) is 24.0 Å². The van der Waals surface area contributed by atoms with Crippen molar-refractivity contribution in [3.63, 3.8) is 0 Å². The lowest BCUT2D eigenvalue weighted by Gasteiger charge is -1.97. The number of ether oxygens (including phenoxy) is 4. The van der Waals surface area contributed by atoms with E-state index < -0.39 is 0 Å². The first kappa shape index (κ1) is 24.8. The SMILES string of the molecule is C=CC(=O)OCC.C=CC(=O)OCC1CO1.C=CC(=O)OCCCC. The largest absolute Gasteiger partial charge is 0.463 e. The number of rotatable bonds is 9. The standard InChI is InChI=1S/C7H12O2.C6H8O3.C5H8O2/c1-3-5-6-9-7(8)4-2;1-2-6(7)9-4-5-3-8-5;1-3-5(6)7-4-2/h4H,2-3,5-6H2,1H3;2,5H,1,3-4H2;3H,1,4H2,2H3. The molecule has 0 amide bonds. The molecule has 1 aliphatic heterocycles. The lowest BCUT2D eigenvalue weighted by molar-refractivity contribution is -0.138. The number of esters is 3. The molecule has 1 atom stereocenters. The summed E-state index contributed by atoms with van der Waals surface area (Å²) in [5, 5.41) is 0. The summed E-state index contributed by atoms with van der Waals surface area (Å²) in [6.45, 7) is 15.5. The van der Waals surface area contributed by atoms with Crippen molar-refractivity contribution < 1.29 is 33.3 Å². The second-order valence-corrected chi connectivity index (χ2v) is 4.47. The van der Waals surface area contributed by atoms with E-state index >= 15 is 0 Å². The Labute approximate surface area is 149 Å². The molecular formula is C18H28O7. The van der Waals surface area contributed by atoms with Crippen LogP contribution in [0.1, 0.15) is 26.7 Å². The molecule has 7 heteroatoms. The molecule has 0 aromatic heterocycles. The molecule has 0 N–H and O–H groups in total. The summed E-state index contributed by atoms with van der Waals surface area (Å²) in [6, 6.07) is 0. The lowest BCUT2D eigenvalue weighted by Crippen LogP contribution is -2.06. The number of unbranched alkanes of at least 4 members (excludes halogenated alkanes) is 1. The van der Waals surface area contributed by atoms with E-state index in [9.17, 15) is 14.4 Å². The van der Waals surface area contributed by atoms with Crippen LogP contribution in [0.25, 0.3) is 0 Å². The highest BCUT2D eigenvalue weighted by molar-refractivity contribution is 5.81.